The van der Waals surface area contributed by atoms with Crippen LogP contribution < -0.4 is 0 Å². The highest BCUT2D eigenvalue weighted by Crippen LogP contribution is 2.41. The van der Waals surface area contributed by atoms with E-state index in [1.165, 1.54) is 0 Å². The van der Waals surface area contributed by atoms with E-state index in [0.717, 1.165) is 11.5 Å². The average molecular weight is 153 g/mol. The summed E-state index contributed by atoms with van der Waals surface area (Å²) in [5.74, 6) is 0.141. The molecule has 2 rings (SSSR count). The molecule has 1 saturated heterocycles. The molecule has 0 saturated carbocycles. The van der Waals surface area contributed by atoms with Gasteiger partial charge in [0.2, 0.25) is 5.91 Å². The molecule has 11 heavy (non-hydrogen) atoms. The molecule has 0 unspecified atom stereocenters. The van der Waals surface area contributed by atoms with Crippen LogP contribution in [0.25, 0.3) is 0 Å². The zero-order valence-electron chi connectivity index (χ0n) is 6.45. The van der Waals surface area contributed by atoms with E-state index in [1.54, 1.807) is 0 Å². The van der Waals surface area contributed by atoms with Crippen molar-refractivity contribution in [2.45, 2.75) is 25.3 Å². The molecule has 0 spiro atoms. The first-order chi connectivity index (χ1) is 5.14. The Morgan fingerprint density at radius 1 is 1.82 bits per heavy atom. The summed E-state index contributed by atoms with van der Waals surface area (Å²) in [6, 6.07) is 0. The average Bonchev–Trinajstić information content (AvgIpc) is 2.39. The molecule has 60 valence electrons. The molecule has 0 aromatic carbocycles. The molecule has 2 aliphatic rings. The number of fused-ring (bicyclic) bond motifs is 1. The Kier molecular flexibility index (Phi) is 1.16. The van der Waals surface area contributed by atoms with Crippen LogP contribution in [-0.2, 0) is 4.79 Å². The number of amides is 1. The topological polar surface area (TPSA) is 40.5 Å². The SMILES string of the molecule is C[C@@]12C=CC[C@@H]1CC(=O)N2O. The Hall–Kier alpha value is -0.830. The molecule has 3 heteroatoms. The molecule has 3 nitrogen and oxygen atoms in total. The molecular weight excluding hydrogens is 142 g/mol. The van der Waals surface area contributed by atoms with E-state index >= 15 is 0 Å². The first kappa shape index (κ1) is 6.85. The number of nitrogens with zero attached hydrogens (tertiary/aromatic N) is 1. The van der Waals surface area contributed by atoms with Crippen LogP contribution in [0.4, 0.5) is 0 Å². The zero-order valence-corrected chi connectivity index (χ0v) is 6.45. The molecule has 2 atom stereocenters. The number of hydroxylamine groups is 2. The third-order valence-corrected chi connectivity index (χ3v) is 2.82. The van der Waals surface area contributed by atoms with Gasteiger partial charge >= 0.3 is 0 Å². The van der Waals surface area contributed by atoms with Gasteiger partial charge in [0.05, 0.1) is 5.54 Å². The zero-order chi connectivity index (χ0) is 8.06. The summed E-state index contributed by atoms with van der Waals surface area (Å²) in [7, 11) is 0. The van der Waals surface area contributed by atoms with E-state index in [0.29, 0.717) is 12.3 Å². The van der Waals surface area contributed by atoms with Crippen molar-refractivity contribution in [3.8, 4) is 0 Å². The Labute approximate surface area is 65.3 Å². The van der Waals surface area contributed by atoms with Crippen LogP contribution in [0.5, 0.6) is 0 Å². The lowest BCUT2D eigenvalue weighted by Crippen LogP contribution is -2.40. The van der Waals surface area contributed by atoms with Crippen LogP contribution in [0.3, 0.4) is 0 Å². The Morgan fingerprint density at radius 3 is 3.18 bits per heavy atom. The van der Waals surface area contributed by atoms with Gasteiger partial charge in [-0.2, -0.15) is 0 Å². The van der Waals surface area contributed by atoms with Gasteiger partial charge in [0.25, 0.3) is 0 Å². The van der Waals surface area contributed by atoms with Crippen LogP contribution in [0.1, 0.15) is 19.8 Å². The fourth-order valence-electron chi connectivity index (χ4n) is 1.95. The minimum atomic E-state index is -0.406. The number of carbonyl (C=O) groups excluding carboxylic acids is 1. The van der Waals surface area contributed by atoms with Crippen LogP contribution >= 0.6 is 0 Å². The van der Waals surface area contributed by atoms with Crippen molar-refractivity contribution in [3.63, 3.8) is 0 Å². The molecule has 1 aliphatic heterocycles. The van der Waals surface area contributed by atoms with Crippen molar-refractivity contribution in [2.24, 2.45) is 5.92 Å². The van der Waals surface area contributed by atoms with Crippen molar-refractivity contribution in [1.29, 1.82) is 0 Å². The third-order valence-electron chi connectivity index (χ3n) is 2.82. The van der Waals surface area contributed by atoms with Gasteiger partial charge in [-0.15, -0.1) is 0 Å². The molecule has 1 fully saturated rings. The maximum Gasteiger partial charge on any atom is 0.247 e. The van der Waals surface area contributed by atoms with E-state index < -0.39 is 5.54 Å². The summed E-state index contributed by atoms with van der Waals surface area (Å²) in [6.07, 6.45) is 5.35. The number of rotatable bonds is 0. The Morgan fingerprint density at radius 2 is 2.55 bits per heavy atom. The first-order valence-electron chi connectivity index (χ1n) is 3.84. The minimum Gasteiger partial charge on any atom is -0.285 e. The second-order valence-electron chi connectivity index (χ2n) is 3.47. The summed E-state index contributed by atoms with van der Waals surface area (Å²) >= 11 is 0. The smallest absolute Gasteiger partial charge is 0.247 e. The number of allylic oxidation sites excluding steroid dienone is 1. The molecule has 1 heterocycles. The first-order valence-corrected chi connectivity index (χ1v) is 3.84. The van der Waals surface area contributed by atoms with Gasteiger partial charge in [0, 0.05) is 12.3 Å². The summed E-state index contributed by atoms with van der Waals surface area (Å²) in [5, 5.41) is 10.2. The van der Waals surface area contributed by atoms with Gasteiger partial charge in [-0.1, -0.05) is 12.2 Å². The second-order valence-corrected chi connectivity index (χ2v) is 3.47. The molecule has 0 aromatic rings. The van der Waals surface area contributed by atoms with Crippen LogP contribution in [0.15, 0.2) is 12.2 Å². The van der Waals surface area contributed by atoms with Crippen LogP contribution in [0, 0.1) is 5.92 Å². The fourth-order valence-corrected chi connectivity index (χ4v) is 1.95. The molecule has 0 aromatic heterocycles. The molecular formula is C8H11NO2. The van der Waals surface area contributed by atoms with Gasteiger partial charge in [-0.25, -0.2) is 5.06 Å². The third kappa shape index (κ3) is 0.688. The van der Waals surface area contributed by atoms with Crippen molar-refractivity contribution in [1.82, 2.24) is 5.06 Å². The van der Waals surface area contributed by atoms with E-state index in [4.69, 9.17) is 0 Å². The minimum absolute atomic E-state index is 0.151. The van der Waals surface area contributed by atoms with Crippen LogP contribution in [0.2, 0.25) is 0 Å². The highest BCUT2D eigenvalue weighted by Gasteiger charge is 2.49. The lowest BCUT2D eigenvalue weighted by Gasteiger charge is -2.27. The lowest BCUT2D eigenvalue weighted by atomic mass is 9.91. The maximum absolute atomic E-state index is 11.0. The fraction of sp³-hybridized carbons (Fsp3) is 0.625. The summed E-state index contributed by atoms with van der Waals surface area (Å²) in [5.41, 5.74) is -0.406. The van der Waals surface area contributed by atoms with E-state index in [9.17, 15) is 10.0 Å². The lowest BCUT2D eigenvalue weighted by molar-refractivity contribution is -0.173. The van der Waals surface area contributed by atoms with E-state index in [-0.39, 0.29) is 5.91 Å². The largest absolute Gasteiger partial charge is 0.285 e. The van der Waals surface area contributed by atoms with Crippen molar-refractivity contribution in [2.75, 3.05) is 0 Å². The van der Waals surface area contributed by atoms with E-state index in [1.807, 2.05) is 19.1 Å². The number of hydrogen-bond acceptors (Lipinski definition) is 2. The predicted molar refractivity (Wildman–Crippen MR) is 38.9 cm³/mol. The standard InChI is InChI=1S/C8H11NO2/c1-8-4-2-3-6(8)5-7(10)9(8)11/h2,4,6,11H,3,5H2,1H3/t6-,8-/m1/s1. The van der Waals surface area contributed by atoms with Gasteiger partial charge in [0.1, 0.15) is 0 Å². The molecule has 0 radical (unpaired) electrons. The van der Waals surface area contributed by atoms with Gasteiger partial charge in [-0.3, -0.25) is 10.0 Å². The van der Waals surface area contributed by atoms with Crippen molar-refractivity contribution < 1.29 is 10.0 Å². The molecule has 0 bridgehead atoms. The predicted octanol–water partition coefficient (Wildman–Crippen LogP) is 0.943. The summed E-state index contributed by atoms with van der Waals surface area (Å²) < 4.78 is 0. The molecule has 1 aliphatic carbocycles. The van der Waals surface area contributed by atoms with Gasteiger partial charge < -0.3 is 0 Å². The Balaban J connectivity index is 2.37. The van der Waals surface area contributed by atoms with Crippen molar-refractivity contribution in [3.05, 3.63) is 12.2 Å². The molecule has 1 N–H and O–H groups in total. The van der Waals surface area contributed by atoms with Crippen LogP contribution in [-0.4, -0.2) is 21.7 Å². The highest BCUT2D eigenvalue weighted by atomic mass is 16.5. The monoisotopic (exact) mass is 153 g/mol. The summed E-state index contributed by atoms with van der Waals surface area (Å²) in [6.45, 7) is 1.89. The maximum atomic E-state index is 11.0. The molecule has 1 amide bonds. The highest BCUT2D eigenvalue weighted by molar-refractivity contribution is 5.79. The Bertz CT molecular complexity index is 236. The normalized spacial score (nSPS) is 41.8. The van der Waals surface area contributed by atoms with Gasteiger partial charge in [0.15, 0.2) is 0 Å². The number of hydrogen-bond donors (Lipinski definition) is 1. The quantitative estimate of drug-likeness (QED) is 0.415. The number of carbonyl (C=O) groups is 1. The van der Waals surface area contributed by atoms with Gasteiger partial charge in [-0.05, 0) is 13.3 Å². The van der Waals surface area contributed by atoms with E-state index in [2.05, 4.69) is 0 Å². The van der Waals surface area contributed by atoms with Crippen molar-refractivity contribution >= 4 is 5.91 Å². The second kappa shape index (κ2) is 1.85. The summed E-state index contributed by atoms with van der Waals surface area (Å²) in [4.78, 5) is 11.0.